The summed E-state index contributed by atoms with van der Waals surface area (Å²) in [6, 6.07) is 128. The second kappa shape index (κ2) is 28.7. The molecule has 0 fully saturated rings. The summed E-state index contributed by atoms with van der Waals surface area (Å²) in [5.41, 5.74) is 29.7. The largest absolute Gasteiger partial charge is 0.310 e. The van der Waals surface area contributed by atoms with Crippen LogP contribution in [0.1, 0.15) is 116 Å². The van der Waals surface area contributed by atoms with Crippen molar-refractivity contribution in [3.8, 4) is 44.5 Å². The molecule has 4 heteroatoms. The number of nitrogens with zero attached hydrogens (tertiary/aromatic N) is 4. The van der Waals surface area contributed by atoms with E-state index in [1.54, 1.807) is 0 Å². The Morgan fingerprint density at radius 3 is 0.518 bits per heavy atom. The van der Waals surface area contributed by atoms with Crippen molar-refractivity contribution in [2.75, 3.05) is 19.6 Å². The number of rotatable bonds is 16. The molecular weight excluding hydrogens is 1330 g/mol. The first-order valence-corrected chi connectivity index (χ1v) is 38.9. The van der Waals surface area contributed by atoms with Gasteiger partial charge < -0.3 is 19.6 Å². The van der Waals surface area contributed by atoms with Crippen LogP contribution in [0.5, 0.6) is 0 Å². The molecule has 0 aliphatic carbocycles. The minimum Gasteiger partial charge on any atom is -0.310 e. The van der Waals surface area contributed by atoms with Crippen LogP contribution in [0, 0.1) is 13.8 Å². The monoisotopic (exact) mass is 1430 g/mol. The Labute approximate surface area is 652 Å². The average molecular weight is 1430 g/mol. The van der Waals surface area contributed by atoms with Gasteiger partial charge in [-0.2, -0.15) is 0 Å². The van der Waals surface area contributed by atoms with E-state index in [4.69, 9.17) is 0 Å². The highest BCUT2D eigenvalue weighted by Gasteiger charge is 2.31. The predicted molar refractivity (Wildman–Crippen MR) is 475 cm³/mol. The van der Waals surface area contributed by atoms with Gasteiger partial charge in [-0.05, 0) is 211 Å². The van der Waals surface area contributed by atoms with Crippen molar-refractivity contribution in [2.24, 2.45) is 0 Å². The second-order valence-corrected chi connectivity index (χ2v) is 34.1. The summed E-state index contributed by atoms with van der Waals surface area (Å²) in [5, 5.41) is 6.77. The number of anilines is 12. The van der Waals surface area contributed by atoms with Gasteiger partial charge in [0.25, 0.3) is 0 Å². The minimum absolute atomic E-state index is 0.0350. The standard InChI is InChI=1S/C106H98N4/c1-71-25-53-87(54-26-71)107(85-21-17-15-18-22-85)97-69-99(109(89-57-37-77(38-58-89)73-29-45-81(46-30-73)103(3,4)5)90-59-39-78(40-60-90)74-31-47-82(48-32-74)104(6,7)8)95-68-66-94-98(108(86-23-19-16-20-24-86)88-55-27-72(2)28-56-88)70-100(96-67-65-93(97)101(95)102(94)96)110(91-61-41-79(42-62-91)75-33-49-83(50-34-75)105(9,10)11)92-63-43-80(44-64-92)76-35-51-84(52-36-76)106(12,13)14/h15-70H,1-14H3. The van der Waals surface area contributed by atoms with Crippen LogP contribution in [0.25, 0.3) is 76.8 Å². The molecule has 0 heterocycles. The van der Waals surface area contributed by atoms with Gasteiger partial charge in [-0.3, -0.25) is 0 Å². The molecule has 0 bridgehead atoms. The van der Waals surface area contributed by atoms with Crippen LogP contribution in [0.15, 0.2) is 340 Å². The van der Waals surface area contributed by atoms with Crippen molar-refractivity contribution in [3.63, 3.8) is 0 Å². The summed E-state index contributed by atoms with van der Waals surface area (Å²) in [6.07, 6.45) is 0. The van der Waals surface area contributed by atoms with Crippen molar-refractivity contribution in [3.05, 3.63) is 373 Å². The molecule has 0 aliphatic rings. The molecule has 16 rings (SSSR count). The first-order chi connectivity index (χ1) is 52.9. The number of para-hydroxylation sites is 2. The molecule has 0 N–H and O–H groups in total. The van der Waals surface area contributed by atoms with E-state index in [0.717, 1.165) is 123 Å². The fourth-order valence-electron chi connectivity index (χ4n) is 15.8. The number of hydrogen-bond donors (Lipinski definition) is 0. The van der Waals surface area contributed by atoms with Crippen molar-refractivity contribution in [1.82, 2.24) is 0 Å². The maximum Gasteiger partial charge on any atom is 0.0561 e. The summed E-state index contributed by atoms with van der Waals surface area (Å²) in [4.78, 5) is 9.99. The fourth-order valence-corrected chi connectivity index (χ4v) is 15.8. The van der Waals surface area contributed by atoms with Crippen LogP contribution in [-0.4, -0.2) is 0 Å². The second-order valence-electron chi connectivity index (χ2n) is 34.1. The Morgan fingerprint density at radius 1 is 0.173 bits per heavy atom. The fraction of sp³-hybridized carbons (Fsp3) is 0.170. The summed E-state index contributed by atoms with van der Waals surface area (Å²) in [5.74, 6) is 0. The first-order valence-electron chi connectivity index (χ1n) is 38.9. The van der Waals surface area contributed by atoms with E-state index in [1.807, 2.05) is 0 Å². The third kappa shape index (κ3) is 14.2. The topological polar surface area (TPSA) is 13.0 Å². The lowest BCUT2D eigenvalue weighted by molar-refractivity contribution is 0.590. The molecule has 0 unspecified atom stereocenters. The van der Waals surface area contributed by atoms with Crippen molar-refractivity contribution >= 4 is 101 Å². The van der Waals surface area contributed by atoms with E-state index in [9.17, 15) is 0 Å². The Hall–Kier alpha value is -12.2. The highest BCUT2D eigenvalue weighted by atomic mass is 15.2. The van der Waals surface area contributed by atoms with Gasteiger partial charge in [0, 0.05) is 77.8 Å². The van der Waals surface area contributed by atoms with E-state index >= 15 is 0 Å². The van der Waals surface area contributed by atoms with Gasteiger partial charge in [0.2, 0.25) is 0 Å². The lowest BCUT2D eigenvalue weighted by atomic mass is 9.86. The molecule has 16 aromatic carbocycles. The molecule has 4 nitrogen and oxygen atoms in total. The zero-order valence-electron chi connectivity index (χ0n) is 66.1. The Kier molecular flexibility index (Phi) is 18.8. The molecule has 0 aliphatic heterocycles. The van der Waals surface area contributed by atoms with Crippen molar-refractivity contribution in [2.45, 2.75) is 119 Å². The summed E-state index contributed by atoms with van der Waals surface area (Å²) >= 11 is 0. The summed E-state index contributed by atoms with van der Waals surface area (Å²) < 4.78 is 0. The highest BCUT2D eigenvalue weighted by Crippen LogP contribution is 2.56. The smallest absolute Gasteiger partial charge is 0.0561 e. The van der Waals surface area contributed by atoms with Crippen LogP contribution in [0.3, 0.4) is 0 Å². The Bertz CT molecular complexity index is 5330. The normalized spacial score (nSPS) is 12.1. The molecule has 0 aromatic heterocycles. The van der Waals surface area contributed by atoms with Gasteiger partial charge in [-0.15, -0.1) is 0 Å². The zero-order chi connectivity index (χ0) is 76.4. The predicted octanol–water partition coefficient (Wildman–Crippen LogP) is 30.9. The summed E-state index contributed by atoms with van der Waals surface area (Å²) in [7, 11) is 0. The Morgan fingerprint density at radius 2 is 0.336 bits per heavy atom. The van der Waals surface area contributed by atoms with Gasteiger partial charge in [0.15, 0.2) is 0 Å². The molecular formula is C106H98N4. The molecule has 0 atom stereocenters. The molecule has 542 valence electrons. The van der Waals surface area contributed by atoms with Crippen LogP contribution >= 0.6 is 0 Å². The maximum absolute atomic E-state index is 2.51. The molecule has 0 spiro atoms. The number of benzene rings is 16. The lowest BCUT2D eigenvalue weighted by Gasteiger charge is -2.34. The van der Waals surface area contributed by atoms with E-state index in [-0.39, 0.29) is 21.7 Å². The quantitative estimate of drug-likeness (QED) is 0.0894. The van der Waals surface area contributed by atoms with E-state index in [1.165, 1.54) is 55.6 Å². The van der Waals surface area contributed by atoms with Crippen LogP contribution in [0.2, 0.25) is 0 Å². The van der Waals surface area contributed by atoms with Gasteiger partial charge in [-0.25, -0.2) is 0 Å². The van der Waals surface area contributed by atoms with E-state index in [0.29, 0.717) is 0 Å². The minimum atomic E-state index is 0.0350. The molecule has 0 saturated carbocycles. The molecule has 0 amide bonds. The van der Waals surface area contributed by atoms with Crippen molar-refractivity contribution < 1.29 is 0 Å². The molecule has 16 aromatic rings. The number of hydrogen-bond acceptors (Lipinski definition) is 4. The van der Waals surface area contributed by atoms with Crippen molar-refractivity contribution in [1.29, 1.82) is 0 Å². The van der Waals surface area contributed by atoms with Crippen LogP contribution < -0.4 is 19.6 Å². The van der Waals surface area contributed by atoms with E-state index in [2.05, 4.69) is 456 Å². The van der Waals surface area contributed by atoms with Gasteiger partial charge in [0.1, 0.15) is 0 Å². The third-order valence-corrected chi connectivity index (χ3v) is 22.2. The van der Waals surface area contributed by atoms with Crippen LogP contribution in [0.4, 0.5) is 68.2 Å². The average Bonchev–Trinajstić information content (AvgIpc) is 0.699. The molecule has 110 heavy (non-hydrogen) atoms. The zero-order valence-corrected chi connectivity index (χ0v) is 66.1. The van der Waals surface area contributed by atoms with Gasteiger partial charge in [0.05, 0.1) is 22.7 Å². The lowest BCUT2D eigenvalue weighted by Crippen LogP contribution is -2.16. The van der Waals surface area contributed by atoms with E-state index < -0.39 is 0 Å². The van der Waals surface area contributed by atoms with Gasteiger partial charge in [-0.1, -0.05) is 325 Å². The molecule has 0 saturated heterocycles. The third-order valence-electron chi connectivity index (χ3n) is 22.2. The van der Waals surface area contributed by atoms with Gasteiger partial charge >= 0.3 is 0 Å². The Balaban J connectivity index is 1.01. The number of aryl methyl sites for hydroxylation is 2. The van der Waals surface area contributed by atoms with Crippen LogP contribution in [-0.2, 0) is 21.7 Å². The molecule has 0 radical (unpaired) electrons. The summed E-state index contributed by atoms with van der Waals surface area (Å²) in [6.45, 7) is 31.7. The SMILES string of the molecule is Cc1ccc(N(c2ccccc2)c2cc(N(c3ccc(-c4ccc(C(C)(C)C)cc4)cc3)c3ccc(-c4ccc(C(C)(C)C)cc4)cc3)c3ccc4c(N(c5ccccc5)c5ccc(C)cc5)cc(N(c5ccc(-c6ccc(C(C)(C)C)cc6)cc5)c5ccc(-c6ccc(C(C)(C)C)cc6)cc5)c5ccc2c3c45)cc1. The highest BCUT2D eigenvalue weighted by molar-refractivity contribution is 6.33. The maximum atomic E-state index is 2.51. The first kappa shape index (κ1) is 72.0.